The van der Waals surface area contributed by atoms with Gasteiger partial charge < -0.3 is 4.74 Å². The van der Waals surface area contributed by atoms with Crippen molar-refractivity contribution < 1.29 is 9.13 Å². The standard InChI is InChI=1S/C22H26FN5O2/c23-20-6-2-1-5-16(20)15-30-19-13-17-7-8-18(14-19)26(17)11-4-12-28-22(29)27-10-3-9-24-21(27)25-28/h1-3,5-6,9-10,17-19H,4,7-8,11-15H2. The van der Waals surface area contributed by atoms with Gasteiger partial charge in [-0.15, -0.1) is 5.10 Å². The van der Waals surface area contributed by atoms with Gasteiger partial charge in [-0.05, 0) is 44.2 Å². The Kier molecular flexibility index (Phi) is 5.35. The molecule has 158 valence electrons. The monoisotopic (exact) mass is 411 g/mol. The Morgan fingerprint density at radius 1 is 1.10 bits per heavy atom. The third-order valence-corrected chi connectivity index (χ3v) is 6.42. The first-order valence-electron chi connectivity index (χ1n) is 10.7. The predicted molar refractivity (Wildman–Crippen MR) is 110 cm³/mol. The van der Waals surface area contributed by atoms with Crippen LogP contribution in [0.1, 0.15) is 37.7 Å². The van der Waals surface area contributed by atoms with E-state index in [1.807, 2.05) is 6.07 Å². The summed E-state index contributed by atoms with van der Waals surface area (Å²) in [6, 6.07) is 9.57. The topological polar surface area (TPSA) is 64.7 Å². The fourth-order valence-corrected chi connectivity index (χ4v) is 4.96. The van der Waals surface area contributed by atoms with Crippen molar-refractivity contribution in [3.63, 3.8) is 0 Å². The molecule has 8 heteroatoms. The lowest BCUT2D eigenvalue weighted by atomic mass is 9.99. The fraction of sp³-hybridized carbons (Fsp3) is 0.500. The molecule has 0 radical (unpaired) electrons. The Labute approximate surface area is 174 Å². The van der Waals surface area contributed by atoms with Gasteiger partial charge in [-0.3, -0.25) is 4.90 Å². The number of fused-ring (bicyclic) bond motifs is 3. The van der Waals surface area contributed by atoms with Crippen LogP contribution in [0.25, 0.3) is 5.78 Å². The van der Waals surface area contributed by atoms with Crippen molar-refractivity contribution in [3.8, 4) is 0 Å². The summed E-state index contributed by atoms with van der Waals surface area (Å²) in [5, 5.41) is 4.31. The van der Waals surface area contributed by atoms with E-state index in [1.54, 1.807) is 30.6 Å². The van der Waals surface area contributed by atoms with Gasteiger partial charge in [0.2, 0.25) is 0 Å². The molecule has 0 N–H and O–H groups in total. The molecular formula is C22H26FN5O2. The van der Waals surface area contributed by atoms with Crippen LogP contribution in [0.2, 0.25) is 0 Å². The van der Waals surface area contributed by atoms with Crippen LogP contribution in [0.5, 0.6) is 0 Å². The average molecular weight is 411 g/mol. The summed E-state index contributed by atoms with van der Waals surface area (Å²) >= 11 is 0. The third-order valence-electron chi connectivity index (χ3n) is 6.42. The quantitative estimate of drug-likeness (QED) is 0.598. The predicted octanol–water partition coefficient (Wildman–Crippen LogP) is 2.63. The lowest BCUT2D eigenvalue weighted by Gasteiger charge is -2.38. The van der Waals surface area contributed by atoms with E-state index in [0.717, 1.165) is 25.8 Å². The lowest BCUT2D eigenvalue weighted by Crippen LogP contribution is -2.46. The van der Waals surface area contributed by atoms with Gasteiger partial charge in [-0.25, -0.2) is 23.3 Å². The second-order valence-electron chi connectivity index (χ2n) is 8.27. The highest BCUT2D eigenvalue weighted by Crippen LogP contribution is 2.37. The zero-order chi connectivity index (χ0) is 20.5. The third kappa shape index (κ3) is 3.77. The van der Waals surface area contributed by atoms with Crippen LogP contribution in [0.4, 0.5) is 4.39 Å². The molecule has 1 aromatic carbocycles. The summed E-state index contributed by atoms with van der Waals surface area (Å²) in [5.74, 6) is 0.241. The molecule has 30 heavy (non-hydrogen) atoms. The Morgan fingerprint density at radius 3 is 2.67 bits per heavy atom. The molecule has 4 heterocycles. The first-order valence-corrected chi connectivity index (χ1v) is 10.7. The van der Waals surface area contributed by atoms with E-state index in [-0.39, 0.29) is 17.6 Å². The van der Waals surface area contributed by atoms with Crippen LogP contribution >= 0.6 is 0 Å². The molecule has 2 bridgehead atoms. The summed E-state index contributed by atoms with van der Waals surface area (Å²) in [4.78, 5) is 19.1. The normalized spacial score (nSPS) is 24.0. The fourth-order valence-electron chi connectivity index (χ4n) is 4.96. The van der Waals surface area contributed by atoms with Crippen LogP contribution in [0.15, 0.2) is 47.5 Å². The molecule has 0 amide bonds. The highest BCUT2D eigenvalue weighted by molar-refractivity contribution is 5.23. The maximum atomic E-state index is 13.8. The summed E-state index contributed by atoms with van der Waals surface area (Å²) in [6.07, 6.45) is 8.74. The molecule has 3 aromatic rings. The Morgan fingerprint density at radius 2 is 1.90 bits per heavy atom. The molecule has 5 rings (SSSR count). The molecule has 2 aliphatic heterocycles. The second kappa shape index (κ2) is 8.28. The Bertz CT molecular complexity index is 1070. The van der Waals surface area contributed by atoms with Gasteiger partial charge in [0, 0.05) is 43.1 Å². The van der Waals surface area contributed by atoms with Crippen molar-refractivity contribution in [1.29, 1.82) is 0 Å². The van der Waals surface area contributed by atoms with E-state index in [2.05, 4.69) is 15.0 Å². The van der Waals surface area contributed by atoms with Crippen LogP contribution in [-0.4, -0.2) is 48.8 Å². The van der Waals surface area contributed by atoms with Crippen LogP contribution in [0, 0.1) is 5.82 Å². The zero-order valence-electron chi connectivity index (χ0n) is 16.9. The van der Waals surface area contributed by atoms with E-state index in [1.165, 1.54) is 28.0 Å². The molecule has 2 atom stereocenters. The SMILES string of the molecule is O=c1n(CCCN2C3CCC2CC(OCc2ccccc2F)C3)nc2ncccn12. The van der Waals surface area contributed by atoms with Crippen molar-refractivity contribution in [2.75, 3.05) is 6.54 Å². The summed E-state index contributed by atoms with van der Waals surface area (Å²) in [5.41, 5.74) is 0.487. The van der Waals surface area contributed by atoms with Crippen molar-refractivity contribution >= 4 is 5.78 Å². The minimum atomic E-state index is -0.199. The van der Waals surface area contributed by atoms with Gasteiger partial charge in [0.05, 0.1) is 12.7 Å². The molecule has 0 saturated carbocycles. The van der Waals surface area contributed by atoms with E-state index in [4.69, 9.17) is 4.74 Å². The molecule has 2 saturated heterocycles. The molecule has 2 aromatic heterocycles. The number of hydrogen-bond acceptors (Lipinski definition) is 5. The molecule has 2 fully saturated rings. The number of ether oxygens (including phenoxy) is 1. The van der Waals surface area contributed by atoms with Crippen LogP contribution in [-0.2, 0) is 17.9 Å². The van der Waals surface area contributed by atoms with E-state index in [9.17, 15) is 9.18 Å². The number of nitrogens with zero attached hydrogens (tertiary/aromatic N) is 5. The van der Waals surface area contributed by atoms with E-state index < -0.39 is 0 Å². The highest BCUT2D eigenvalue weighted by Gasteiger charge is 2.40. The van der Waals surface area contributed by atoms with Crippen LogP contribution in [0.3, 0.4) is 0 Å². The summed E-state index contributed by atoms with van der Waals surface area (Å²) in [7, 11) is 0. The van der Waals surface area contributed by atoms with Gasteiger partial charge >= 0.3 is 5.69 Å². The number of aryl methyl sites for hydroxylation is 1. The van der Waals surface area contributed by atoms with Gasteiger partial charge in [0.25, 0.3) is 5.78 Å². The molecule has 7 nitrogen and oxygen atoms in total. The van der Waals surface area contributed by atoms with Gasteiger partial charge in [-0.1, -0.05) is 18.2 Å². The first-order chi connectivity index (χ1) is 14.7. The number of hydrogen-bond donors (Lipinski definition) is 0. The Hall–Kier alpha value is -2.58. The molecule has 0 spiro atoms. The van der Waals surface area contributed by atoms with Gasteiger partial charge in [-0.2, -0.15) is 0 Å². The number of aromatic nitrogens is 4. The largest absolute Gasteiger partial charge is 0.373 e. The maximum Gasteiger partial charge on any atom is 0.351 e. The van der Waals surface area contributed by atoms with E-state index >= 15 is 0 Å². The molecular weight excluding hydrogens is 385 g/mol. The minimum absolute atomic E-state index is 0.138. The summed E-state index contributed by atoms with van der Waals surface area (Å²) < 4.78 is 22.9. The van der Waals surface area contributed by atoms with Crippen molar-refractivity contribution in [2.24, 2.45) is 0 Å². The van der Waals surface area contributed by atoms with Crippen molar-refractivity contribution in [1.82, 2.24) is 24.1 Å². The molecule has 2 unspecified atom stereocenters. The number of rotatable bonds is 7. The van der Waals surface area contributed by atoms with Crippen LogP contribution < -0.4 is 5.69 Å². The lowest BCUT2D eigenvalue weighted by molar-refractivity contribution is -0.0293. The number of piperidine rings is 1. The molecule has 2 aliphatic rings. The van der Waals surface area contributed by atoms with Gasteiger partial charge in [0.15, 0.2) is 0 Å². The second-order valence-corrected chi connectivity index (χ2v) is 8.27. The van der Waals surface area contributed by atoms with E-state index in [0.29, 0.717) is 36.6 Å². The average Bonchev–Trinajstić information content (AvgIpc) is 3.19. The Balaban J connectivity index is 1.14. The highest BCUT2D eigenvalue weighted by atomic mass is 19.1. The first kappa shape index (κ1) is 19.4. The maximum absolute atomic E-state index is 13.8. The minimum Gasteiger partial charge on any atom is -0.373 e. The smallest absolute Gasteiger partial charge is 0.351 e. The van der Waals surface area contributed by atoms with Crippen molar-refractivity contribution in [3.05, 3.63) is 64.6 Å². The molecule has 0 aliphatic carbocycles. The number of benzene rings is 1. The van der Waals surface area contributed by atoms with Crippen molar-refractivity contribution in [2.45, 2.75) is 63.4 Å². The number of halogens is 1. The van der Waals surface area contributed by atoms with Gasteiger partial charge in [0.1, 0.15) is 5.82 Å². The summed E-state index contributed by atoms with van der Waals surface area (Å²) in [6.45, 7) is 1.87. The zero-order valence-corrected chi connectivity index (χ0v) is 16.9.